The van der Waals surface area contributed by atoms with Crippen molar-refractivity contribution in [2.75, 3.05) is 0 Å². The number of unbranched alkanes of at least 4 members (excludes halogenated alkanes) is 3. The standard InChI is InChI=1S/C18H26O4/c1-3-14-10-9-11-16(15(14)4-2)22-18(21)13-8-6-5-7-12-17(19)20/h9-11H,3-8,12-13H2,1-2H3,(H,19,20). The molecule has 4 nitrogen and oxygen atoms in total. The van der Waals surface area contributed by atoms with Gasteiger partial charge in [-0.15, -0.1) is 0 Å². The summed E-state index contributed by atoms with van der Waals surface area (Å²) in [6, 6.07) is 5.84. The van der Waals surface area contributed by atoms with Crippen LogP contribution in [0.3, 0.4) is 0 Å². The number of carboxylic acids is 1. The molecule has 1 aromatic rings. The molecule has 0 bridgehead atoms. The minimum absolute atomic E-state index is 0.202. The van der Waals surface area contributed by atoms with Gasteiger partial charge in [-0.05, 0) is 42.9 Å². The van der Waals surface area contributed by atoms with E-state index in [-0.39, 0.29) is 12.4 Å². The molecule has 0 amide bonds. The third-order valence-corrected chi connectivity index (χ3v) is 3.71. The third kappa shape index (κ3) is 6.29. The van der Waals surface area contributed by atoms with E-state index in [1.807, 2.05) is 12.1 Å². The van der Waals surface area contributed by atoms with E-state index in [1.165, 1.54) is 5.56 Å². The highest BCUT2D eigenvalue weighted by molar-refractivity contribution is 5.73. The van der Waals surface area contributed by atoms with Crippen molar-refractivity contribution < 1.29 is 19.4 Å². The summed E-state index contributed by atoms with van der Waals surface area (Å²) in [4.78, 5) is 22.3. The quantitative estimate of drug-likeness (QED) is 0.401. The molecule has 0 saturated heterocycles. The number of benzene rings is 1. The summed E-state index contributed by atoms with van der Waals surface area (Å²) in [5.41, 5.74) is 2.33. The van der Waals surface area contributed by atoms with Crippen LogP contribution in [-0.4, -0.2) is 17.0 Å². The molecule has 0 heterocycles. The van der Waals surface area contributed by atoms with E-state index in [2.05, 4.69) is 19.9 Å². The molecule has 122 valence electrons. The molecule has 0 radical (unpaired) electrons. The van der Waals surface area contributed by atoms with E-state index >= 15 is 0 Å². The normalized spacial score (nSPS) is 10.5. The molecule has 0 fully saturated rings. The minimum Gasteiger partial charge on any atom is -0.481 e. The van der Waals surface area contributed by atoms with E-state index < -0.39 is 5.97 Å². The predicted molar refractivity (Wildman–Crippen MR) is 86.2 cm³/mol. The number of rotatable bonds is 10. The molecule has 0 atom stereocenters. The van der Waals surface area contributed by atoms with Crippen molar-refractivity contribution in [3.8, 4) is 5.75 Å². The Bertz CT molecular complexity index is 494. The molecular weight excluding hydrogens is 280 g/mol. The SMILES string of the molecule is CCc1cccc(OC(=O)CCCCCCC(=O)O)c1CC. The first-order valence-electron chi connectivity index (χ1n) is 8.11. The van der Waals surface area contributed by atoms with Gasteiger partial charge >= 0.3 is 11.9 Å². The van der Waals surface area contributed by atoms with Crippen molar-refractivity contribution in [3.63, 3.8) is 0 Å². The van der Waals surface area contributed by atoms with Crippen LogP contribution in [0.5, 0.6) is 5.75 Å². The summed E-state index contributed by atoms with van der Waals surface area (Å²) in [5, 5.41) is 8.54. The number of hydrogen-bond donors (Lipinski definition) is 1. The third-order valence-electron chi connectivity index (χ3n) is 3.71. The fourth-order valence-corrected chi connectivity index (χ4v) is 2.51. The number of esters is 1. The van der Waals surface area contributed by atoms with Crippen LogP contribution in [0.1, 0.15) is 63.5 Å². The lowest BCUT2D eigenvalue weighted by Crippen LogP contribution is -2.10. The summed E-state index contributed by atoms with van der Waals surface area (Å²) in [6.07, 6.45) is 5.47. The van der Waals surface area contributed by atoms with Gasteiger partial charge in [0.15, 0.2) is 0 Å². The molecule has 0 aromatic heterocycles. The number of aliphatic carboxylic acids is 1. The van der Waals surface area contributed by atoms with Crippen molar-refractivity contribution in [1.29, 1.82) is 0 Å². The zero-order chi connectivity index (χ0) is 16.4. The summed E-state index contributed by atoms with van der Waals surface area (Å²) < 4.78 is 5.49. The molecule has 0 spiro atoms. The van der Waals surface area contributed by atoms with Gasteiger partial charge in [-0.2, -0.15) is 0 Å². The second-order valence-electron chi connectivity index (χ2n) is 5.38. The summed E-state index contributed by atoms with van der Waals surface area (Å²) >= 11 is 0. The van der Waals surface area contributed by atoms with Crippen molar-refractivity contribution in [3.05, 3.63) is 29.3 Å². The Morgan fingerprint density at radius 2 is 1.68 bits per heavy atom. The Balaban J connectivity index is 2.38. The van der Waals surface area contributed by atoms with E-state index in [1.54, 1.807) is 0 Å². The molecule has 1 N–H and O–H groups in total. The summed E-state index contributed by atoms with van der Waals surface area (Å²) in [7, 11) is 0. The van der Waals surface area contributed by atoms with Gasteiger partial charge in [-0.1, -0.05) is 38.8 Å². The first-order valence-corrected chi connectivity index (χ1v) is 8.11. The molecule has 22 heavy (non-hydrogen) atoms. The average molecular weight is 306 g/mol. The molecule has 1 aromatic carbocycles. The summed E-state index contributed by atoms with van der Waals surface area (Å²) in [5.74, 6) is -0.291. The van der Waals surface area contributed by atoms with Crippen molar-refractivity contribution in [1.82, 2.24) is 0 Å². The van der Waals surface area contributed by atoms with Crippen LogP contribution in [0, 0.1) is 0 Å². The van der Waals surface area contributed by atoms with Crippen LogP contribution in [0.4, 0.5) is 0 Å². The Kier molecular flexibility index (Phi) is 8.26. The fourth-order valence-electron chi connectivity index (χ4n) is 2.51. The van der Waals surface area contributed by atoms with E-state index in [4.69, 9.17) is 9.84 Å². The smallest absolute Gasteiger partial charge is 0.311 e. The lowest BCUT2D eigenvalue weighted by Gasteiger charge is -2.12. The Hall–Kier alpha value is -1.84. The maximum Gasteiger partial charge on any atom is 0.311 e. The molecule has 0 aliphatic carbocycles. The van der Waals surface area contributed by atoms with Crippen LogP contribution in [0.25, 0.3) is 0 Å². The lowest BCUT2D eigenvalue weighted by atomic mass is 10.0. The zero-order valence-corrected chi connectivity index (χ0v) is 13.6. The Labute approximate surface area is 132 Å². The monoisotopic (exact) mass is 306 g/mol. The average Bonchev–Trinajstić information content (AvgIpc) is 2.50. The van der Waals surface area contributed by atoms with Crippen LogP contribution in [-0.2, 0) is 22.4 Å². The summed E-state index contributed by atoms with van der Waals surface area (Å²) in [6.45, 7) is 4.16. The molecular formula is C18H26O4. The second kappa shape index (κ2) is 9.98. The second-order valence-corrected chi connectivity index (χ2v) is 5.38. The van der Waals surface area contributed by atoms with Gasteiger partial charge in [0.2, 0.25) is 0 Å². The highest BCUT2D eigenvalue weighted by Crippen LogP contribution is 2.24. The Morgan fingerprint density at radius 3 is 2.27 bits per heavy atom. The number of ether oxygens (including phenoxy) is 1. The Morgan fingerprint density at radius 1 is 1.00 bits per heavy atom. The van der Waals surface area contributed by atoms with Crippen LogP contribution >= 0.6 is 0 Å². The molecule has 1 rings (SSSR count). The maximum atomic E-state index is 11.9. The van der Waals surface area contributed by atoms with Crippen LogP contribution in [0.2, 0.25) is 0 Å². The van der Waals surface area contributed by atoms with Crippen molar-refractivity contribution >= 4 is 11.9 Å². The van der Waals surface area contributed by atoms with E-state index in [0.717, 1.165) is 37.7 Å². The molecule has 0 aliphatic rings. The van der Waals surface area contributed by atoms with Gasteiger partial charge in [0.1, 0.15) is 5.75 Å². The number of carbonyl (C=O) groups excluding carboxylic acids is 1. The van der Waals surface area contributed by atoms with Gasteiger partial charge in [0.25, 0.3) is 0 Å². The van der Waals surface area contributed by atoms with E-state index in [9.17, 15) is 9.59 Å². The van der Waals surface area contributed by atoms with Crippen molar-refractivity contribution in [2.45, 2.75) is 65.2 Å². The topological polar surface area (TPSA) is 63.6 Å². The highest BCUT2D eigenvalue weighted by atomic mass is 16.5. The predicted octanol–water partition coefficient (Wildman–Crippen LogP) is 4.14. The maximum absolute atomic E-state index is 11.9. The van der Waals surface area contributed by atoms with Gasteiger partial charge in [-0.3, -0.25) is 9.59 Å². The largest absolute Gasteiger partial charge is 0.481 e. The highest BCUT2D eigenvalue weighted by Gasteiger charge is 2.11. The van der Waals surface area contributed by atoms with Gasteiger partial charge < -0.3 is 9.84 Å². The van der Waals surface area contributed by atoms with Gasteiger partial charge in [-0.25, -0.2) is 0 Å². The molecule has 4 heteroatoms. The fraction of sp³-hybridized carbons (Fsp3) is 0.556. The van der Waals surface area contributed by atoms with Crippen LogP contribution < -0.4 is 4.74 Å². The van der Waals surface area contributed by atoms with Crippen LogP contribution in [0.15, 0.2) is 18.2 Å². The number of aryl methyl sites for hydroxylation is 1. The molecule has 0 unspecified atom stereocenters. The number of carbonyl (C=O) groups is 2. The zero-order valence-electron chi connectivity index (χ0n) is 13.6. The van der Waals surface area contributed by atoms with Gasteiger partial charge in [0.05, 0.1) is 0 Å². The first kappa shape index (κ1) is 18.2. The number of carboxylic acid groups (broad SMARTS) is 1. The first-order chi connectivity index (χ1) is 10.6. The number of hydrogen-bond acceptors (Lipinski definition) is 3. The lowest BCUT2D eigenvalue weighted by molar-refractivity contribution is -0.137. The van der Waals surface area contributed by atoms with Gasteiger partial charge in [0, 0.05) is 12.8 Å². The van der Waals surface area contributed by atoms with Crippen molar-refractivity contribution in [2.24, 2.45) is 0 Å². The van der Waals surface area contributed by atoms with E-state index in [0.29, 0.717) is 18.6 Å². The minimum atomic E-state index is -0.762. The molecule has 0 aliphatic heterocycles. The molecule has 0 saturated carbocycles.